The highest BCUT2D eigenvalue weighted by atomic mass is 79.9. The largest absolute Gasteiger partial charge is 0.242 e. The minimum atomic E-state index is -0.981. The highest BCUT2D eigenvalue weighted by molar-refractivity contribution is 9.09. The highest BCUT2D eigenvalue weighted by Crippen LogP contribution is 2.45. The third-order valence-corrected chi connectivity index (χ3v) is 4.97. The molecule has 2 heteroatoms. The first-order chi connectivity index (χ1) is 6.38. The Morgan fingerprint density at radius 2 is 1.86 bits per heavy atom. The van der Waals surface area contributed by atoms with Crippen LogP contribution in [0.3, 0.4) is 0 Å². The summed E-state index contributed by atoms with van der Waals surface area (Å²) in [7, 11) is 0. The fourth-order valence-electron chi connectivity index (χ4n) is 2.40. The zero-order valence-corrected chi connectivity index (χ0v) is 11.3. The summed E-state index contributed by atoms with van der Waals surface area (Å²) in [5.41, 5.74) is -0.981. The number of rotatable bonds is 2. The van der Waals surface area contributed by atoms with Gasteiger partial charge < -0.3 is 0 Å². The molecule has 14 heavy (non-hydrogen) atoms. The van der Waals surface area contributed by atoms with Crippen LogP contribution in [0.2, 0.25) is 0 Å². The molecule has 84 valence electrons. The van der Waals surface area contributed by atoms with Gasteiger partial charge in [-0.2, -0.15) is 0 Å². The summed E-state index contributed by atoms with van der Waals surface area (Å²) < 4.78 is 14.5. The molecule has 1 aliphatic carbocycles. The van der Waals surface area contributed by atoms with E-state index in [1.807, 2.05) is 13.8 Å². The lowest BCUT2D eigenvalue weighted by atomic mass is 9.71. The molecule has 0 heterocycles. The second-order valence-corrected chi connectivity index (χ2v) is 6.43. The molecule has 0 aliphatic heterocycles. The summed E-state index contributed by atoms with van der Waals surface area (Å²) in [4.78, 5) is 0.0520. The van der Waals surface area contributed by atoms with Crippen LogP contribution >= 0.6 is 15.9 Å². The molecule has 0 saturated heterocycles. The van der Waals surface area contributed by atoms with Crippen LogP contribution < -0.4 is 0 Å². The Kier molecular flexibility index (Phi) is 4.02. The van der Waals surface area contributed by atoms with Crippen LogP contribution in [0, 0.1) is 17.8 Å². The van der Waals surface area contributed by atoms with Gasteiger partial charge in [0.1, 0.15) is 5.67 Å². The number of halogens is 2. The van der Waals surface area contributed by atoms with Crippen molar-refractivity contribution in [2.45, 2.75) is 57.5 Å². The lowest BCUT2D eigenvalue weighted by Gasteiger charge is -2.42. The molecule has 1 rings (SSSR count). The predicted molar refractivity (Wildman–Crippen MR) is 63.6 cm³/mol. The van der Waals surface area contributed by atoms with Crippen molar-refractivity contribution in [3.63, 3.8) is 0 Å². The molecular weight excluding hydrogens is 243 g/mol. The van der Waals surface area contributed by atoms with E-state index in [0.29, 0.717) is 11.8 Å². The molecular formula is C12H22BrF. The maximum absolute atomic E-state index is 14.5. The minimum Gasteiger partial charge on any atom is -0.242 e. The maximum Gasteiger partial charge on any atom is 0.125 e. The average Bonchev–Trinajstić information content (AvgIpc) is 2.09. The monoisotopic (exact) mass is 264 g/mol. The van der Waals surface area contributed by atoms with E-state index in [9.17, 15) is 4.39 Å². The van der Waals surface area contributed by atoms with Crippen molar-refractivity contribution in [2.24, 2.45) is 17.8 Å². The van der Waals surface area contributed by atoms with Gasteiger partial charge in [0.25, 0.3) is 0 Å². The van der Waals surface area contributed by atoms with Gasteiger partial charge in [0, 0.05) is 4.83 Å². The van der Waals surface area contributed by atoms with Crippen LogP contribution in [0.5, 0.6) is 0 Å². The Bertz CT molecular complexity index is 191. The summed E-state index contributed by atoms with van der Waals surface area (Å²) in [5, 5.41) is 0. The van der Waals surface area contributed by atoms with Gasteiger partial charge in [-0.05, 0) is 37.0 Å². The molecule has 1 saturated carbocycles. The molecule has 1 aliphatic rings. The molecule has 0 aromatic rings. The Morgan fingerprint density at radius 3 is 2.21 bits per heavy atom. The number of hydrogen-bond donors (Lipinski definition) is 0. The summed E-state index contributed by atoms with van der Waals surface area (Å²) in [6, 6.07) is 0. The van der Waals surface area contributed by atoms with Gasteiger partial charge in [-0.15, -0.1) is 0 Å². The molecule has 0 bridgehead atoms. The Morgan fingerprint density at radius 1 is 1.29 bits per heavy atom. The molecule has 3 atom stereocenters. The molecule has 0 N–H and O–H groups in total. The molecule has 1 fully saturated rings. The smallest absolute Gasteiger partial charge is 0.125 e. The van der Waals surface area contributed by atoms with E-state index in [1.54, 1.807) is 0 Å². The molecule has 0 radical (unpaired) electrons. The van der Waals surface area contributed by atoms with Crippen LogP contribution in [0.25, 0.3) is 0 Å². The fraction of sp³-hybridized carbons (Fsp3) is 1.00. The van der Waals surface area contributed by atoms with Gasteiger partial charge in [0.05, 0.1) is 0 Å². The second kappa shape index (κ2) is 4.51. The first kappa shape index (κ1) is 12.5. The van der Waals surface area contributed by atoms with E-state index in [0.717, 1.165) is 19.3 Å². The van der Waals surface area contributed by atoms with E-state index in [2.05, 4.69) is 29.8 Å². The molecule has 0 aromatic heterocycles. The Balaban J connectivity index is 2.64. The third kappa shape index (κ3) is 2.32. The van der Waals surface area contributed by atoms with Crippen LogP contribution in [0.4, 0.5) is 4.39 Å². The zero-order chi connectivity index (χ0) is 10.9. The SMILES string of the molecule is CC(C)C1CCC(F)(C(C)C)C(Br)C1. The first-order valence-electron chi connectivity index (χ1n) is 5.71. The van der Waals surface area contributed by atoms with Crippen molar-refractivity contribution in [3.05, 3.63) is 0 Å². The van der Waals surface area contributed by atoms with E-state index in [4.69, 9.17) is 0 Å². The molecule has 3 unspecified atom stereocenters. The van der Waals surface area contributed by atoms with E-state index in [1.165, 1.54) is 0 Å². The predicted octanol–water partition coefficient (Wildman–Crippen LogP) is 4.57. The van der Waals surface area contributed by atoms with Crippen molar-refractivity contribution >= 4 is 15.9 Å². The van der Waals surface area contributed by atoms with Gasteiger partial charge >= 0.3 is 0 Å². The van der Waals surface area contributed by atoms with Crippen molar-refractivity contribution in [3.8, 4) is 0 Å². The zero-order valence-electron chi connectivity index (χ0n) is 9.69. The summed E-state index contributed by atoms with van der Waals surface area (Å²) >= 11 is 3.55. The number of alkyl halides is 2. The van der Waals surface area contributed by atoms with Gasteiger partial charge in [-0.25, -0.2) is 4.39 Å². The van der Waals surface area contributed by atoms with E-state index < -0.39 is 5.67 Å². The molecule has 0 amide bonds. The highest BCUT2D eigenvalue weighted by Gasteiger charge is 2.45. The lowest BCUT2D eigenvalue weighted by Crippen LogP contribution is -2.44. The molecule has 0 nitrogen and oxygen atoms in total. The molecule has 0 aromatic carbocycles. The summed E-state index contributed by atoms with van der Waals surface area (Å²) in [5.74, 6) is 1.51. The van der Waals surface area contributed by atoms with Crippen LogP contribution in [0.1, 0.15) is 47.0 Å². The molecule has 0 spiro atoms. The Labute approximate surface area is 95.8 Å². The van der Waals surface area contributed by atoms with Gasteiger partial charge in [0.15, 0.2) is 0 Å². The second-order valence-electron chi connectivity index (χ2n) is 5.33. The number of hydrogen-bond acceptors (Lipinski definition) is 0. The topological polar surface area (TPSA) is 0 Å². The van der Waals surface area contributed by atoms with Gasteiger partial charge in [-0.1, -0.05) is 43.6 Å². The summed E-state index contributed by atoms with van der Waals surface area (Å²) in [6.07, 6.45) is 2.77. The quantitative estimate of drug-likeness (QED) is 0.641. The minimum absolute atomic E-state index is 0.0520. The van der Waals surface area contributed by atoms with E-state index in [-0.39, 0.29) is 10.7 Å². The van der Waals surface area contributed by atoms with Crippen molar-refractivity contribution < 1.29 is 4.39 Å². The van der Waals surface area contributed by atoms with Gasteiger partial charge in [0.2, 0.25) is 0 Å². The fourth-order valence-corrected chi connectivity index (χ4v) is 3.64. The maximum atomic E-state index is 14.5. The van der Waals surface area contributed by atoms with E-state index >= 15 is 0 Å². The Hall–Kier alpha value is 0.410. The van der Waals surface area contributed by atoms with Crippen LogP contribution in [-0.2, 0) is 0 Å². The normalized spacial score (nSPS) is 39.4. The summed E-state index contributed by atoms with van der Waals surface area (Å²) in [6.45, 7) is 8.46. The van der Waals surface area contributed by atoms with Crippen LogP contribution in [0.15, 0.2) is 0 Å². The first-order valence-corrected chi connectivity index (χ1v) is 6.62. The third-order valence-electron chi connectivity index (χ3n) is 3.83. The average molecular weight is 265 g/mol. The van der Waals surface area contributed by atoms with Crippen molar-refractivity contribution in [1.82, 2.24) is 0 Å². The standard InChI is InChI=1S/C12H22BrF/c1-8(2)10-5-6-12(14,9(3)4)11(13)7-10/h8-11H,5-7H2,1-4H3. The van der Waals surface area contributed by atoms with Crippen molar-refractivity contribution in [1.29, 1.82) is 0 Å². The van der Waals surface area contributed by atoms with Crippen LogP contribution in [-0.4, -0.2) is 10.5 Å². The van der Waals surface area contributed by atoms with Gasteiger partial charge in [-0.3, -0.25) is 0 Å². The lowest BCUT2D eigenvalue weighted by molar-refractivity contribution is 0.0385. The van der Waals surface area contributed by atoms with Crippen molar-refractivity contribution in [2.75, 3.05) is 0 Å².